The van der Waals surface area contributed by atoms with Crippen LogP contribution in [0.5, 0.6) is 11.5 Å². The minimum Gasteiger partial charge on any atom is -0.497 e. The number of ether oxygens (including phenoxy) is 2. The van der Waals surface area contributed by atoms with Gasteiger partial charge in [0.15, 0.2) is 11.9 Å². The summed E-state index contributed by atoms with van der Waals surface area (Å²) in [7, 11) is 1.60. The Morgan fingerprint density at radius 1 is 1.19 bits per heavy atom. The molecule has 166 valence electrons. The summed E-state index contributed by atoms with van der Waals surface area (Å²) < 4.78 is 11.1. The van der Waals surface area contributed by atoms with E-state index in [1.54, 1.807) is 38.6 Å². The summed E-state index contributed by atoms with van der Waals surface area (Å²) in [6.07, 6.45) is 6.27. The number of fused-ring (bicyclic) bond motifs is 1. The average molecular weight is 433 g/mol. The standard InChI is InChI=1S/C25H28N4O3/c1-16(32-19-7-5-6-18(12-19)31-4)24(30)29-22-14-25(2,3)13-21-20(22)15-27-23(28-21)17-8-10-26-11-9-17/h5-12,15-16,22H,13-14H2,1-4H3,(H,29,30)/t16-,22-/m1/s1. The van der Waals surface area contributed by atoms with E-state index in [1.807, 2.05) is 30.5 Å². The first-order valence-electron chi connectivity index (χ1n) is 10.7. The fraction of sp³-hybridized carbons (Fsp3) is 0.360. The molecule has 1 N–H and O–H groups in total. The second kappa shape index (κ2) is 8.94. The van der Waals surface area contributed by atoms with Crippen LogP contribution in [0.4, 0.5) is 0 Å². The van der Waals surface area contributed by atoms with Gasteiger partial charge < -0.3 is 14.8 Å². The smallest absolute Gasteiger partial charge is 0.261 e. The molecule has 3 aromatic rings. The van der Waals surface area contributed by atoms with Crippen molar-refractivity contribution >= 4 is 5.91 Å². The number of amides is 1. The third-order valence-electron chi connectivity index (χ3n) is 5.66. The first-order valence-corrected chi connectivity index (χ1v) is 10.7. The lowest BCUT2D eigenvalue weighted by Crippen LogP contribution is -2.42. The second-order valence-electron chi connectivity index (χ2n) is 8.88. The number of hydrogen-bond acceptors (Lipinski definition) is 6. The van der Waals surface area contributed by atoms with E-state index >= 15 is 0 Å². The van der Waals surface area contributed by atoms with Gasteiger partial charge in [0.05, 0.1) is 18.8 Å². The maximum atomic E-state index is 13.0. The molecule has 0 aliphatic heterocycles. The largest absolute Gasteiger partial charge is 0.497 e. The van der Waals surface area contributed by atoms with Crippen LogP contribution < -0.4 is 14.8 Å². The van der Waals surface area contributed by atoms with Crippen molar-refractivity contribution in [3.05, 3.63) is 66.2 Å². The minimum atomic E-state index is -0.660. The first-order chi connectivity index (χ1) is 15.3. The fourth-order valence-electron chi connectivity index (χ4n) is 4.04. The number of carbonyl (C=O) groups is 1. The Bertz CT molecular complexity index is 1100. The van der Waals surface area contributed by atoms with Crippen LogP contribution in [0.3, 0.4) is 0 Å². The third kappa shape index (κ3) is 4.88. The maximum Gasteiger partial charge on any atom is 0.261 e. The zero-order valence-electron chi connectivity index (χ0n) is 18.8. The Morgan fingerprint density at radius 3 is 2.69 bits per heavy atom. The molecule has 0 saturated heterocycles. The van der Waals surface area contributed by atoms with E-state index < -0.39 is 6.10 Å². The Kier molecular flexibility index (Phi) is 6.08. The van der Waals surface area contributed by atoms with Crippen LogP contribution in [0.15, 0.2) is 55.0 Å². The highest BCUT2D eigenvalue weighted by Crippen LogP contribution is 2.40. The Balaban J connectivity index is 1.53. The molecule has 0 saturated carbocycles. The number of rotatable bonds is 6. The Morgan fingerprint density at radius 2 is 1.94 bits per heavy atom. The number of nitrogens with zero attached hydrogens (tertiary/aromatic N) is 3. The number of hydrogen-bond donors (Lipinski definition) is 1. The van der Waals surface area contributed by atoms with Gasteiger partial charge in [-0.3, -0.25) is 9.78 Å². The predicted octanol–water partition coefficient (Wildman–Crippen LogP) is 4.14. The Hall–Kier alpha value is -3.48. The molecule has 1 aromatic carbocycles. The Labute approximate surface area is 188 Å². The zero-order valence-corrected chi connectivity index (χ0v) is 18.8. The molecule has 2 atom stereocenters. The van der Waals surface area contributed by atoms with Crippen molar-refractivity contribution in [3.8, 4) is 22.9 Å². The molecule has 1 amide bonds. The van der Waals surface area contributed by atoms with Crippen molar-refractivity contribution in [1.29, 1.82) is 0 Å². The van der Waals surface area contributed by atoms with Gasteiger partial charge in [0.1, 0.15) is 11.5 Å². The van der Waals surface area contributed by atoms with E-state index in [0.29, 0.717) is 17.3 Å². The van der Waals surface area contributed by atoms with Gasteiger partial charge in [-0.25, -0.2) is 9.97 Å². The zero-order chi connectivity index (χ0) is 22.7. The number of carbonyl (C=O) groups excluding carboxylic acids is 1. The number of aromatic nitrogens is 3. The SMILES string of the molecule is COc1cccc(O[C@H](C)C(=O)N[C@@H]2CC(C)(C)Cc3nc(-c4ccncc4)ncc32)c1. The first kappa shape index (κ1) is 21.7. The van der Waals surface area contributed by atoms with Crippen LogP contribution in [-0.4, -0.2) is 34.1 Å². The topological polar surface area (TPSA) is 86.2 Å². The molecule has 0 spiro atoms. The molecule has 32 heavy (non-hydrogen) atoms. The van der Waals surface area contributed by atoms with Gasteiger partial charge in [0, 0.05) is 35.8 Å². The van der Waals surface area contributed by atoms with Gasteiger partial charge in [0.25, 0.3) is 5.91 Å². The molecule has 7 heteroatoms. The molecule has 0 radical (unpaired) electrons. The van der Waals surface area contributed by atoms with Gasteiger partial charge in [0.2, 0.25) is 0 Å². The van der Waals surface area contributed by atoms with Crippen molar-refractivity contribution in [1.82, 2.24) is 20.3 Å². The maximum absolute atomic E-state index is 13.0. The lowest BCUT2D eigenvalue weighted by Gasteiger charge is -2.37. The van der Waals surface area contributed by atoms with E-state index in [9.17, 15) is 4.79 Å². The van der Waals surface area contributed by atoms with Gasteiger partial charge >= 0.3 is 0 Å². The van der Waals surface area contributed by atoms with E-state index in [2.05, 4.69) is 29.1 Å². The molecule has 0 bridgehead atoms. The minimum absolute atomic E-state index is 0.00823. The van der Waals surface area contributed by atoms with Crippen molar-refractivity contribution in [3.63, 3.8) is 0 Å². The number of nitrogens with one attached hydrogen (secondary N) is 1. The molecule has 0 unspecified atom stereocenters. The second-order valence-corrected chi connectivity index (χ2v) is 8.88. The normalized spacial score (nSPS) is 17.7. The average Bonchev–Trinajstić information content (AvgIpc) is 2.78. The van der Waals surface area contributed by atoms with Crippen molar-refractivity contribution in [2.45, 2.75) is 45.8 Å². The van der Waals surface area contributed by atoms with Crippen LogP contribution >= 0.6 is 0 Å². The summed E-state index contributed by atoms with van der Waals surface area (Å²) in [5.74, 6) is 1.75. The fourth-order valence-corrected chi connectivity index (χ4v) is 4.04. The lowest BCUT2D eigenvalue weighted by molar-refractivity contribution is -0.128. The highest BCUT2D eigenvalue weighted by atomic mass is 16.5. The van der Waals surface area contributed by atoms with Crippen molar-refractivity contribution in [2.75, 3.05) is 7.11 Å². The van der Waals surface area contributed by atoms with Gasteiger partial charge in [-0.05, 0) is 49.4 Å². The summed E-state index contributed by atoms with van der Waals surface area (Å²) in [6, 6.07) is 10.8. The van der Waals surface area contributed by atoms with E-state index in [4.69, 9.17) is 14.5 Å². The summed E-state index contributed by atoms with van der Waals surface area (Å²) in [4.78, 5) is 26.4. The molecular formula is C25H28N4O3. The highest BCUT2D eigenvalue weighted by Gasteiger charge is 2.35. The number of benzene rings is 1. The molecular weight excluding hydrogens is 404 g/mol. The van der Waals surface area contributed by atoms with Crippen molar-refractivity contribution in [2.24, 2.45) is 5.41 Å². The summed E-state index contributed by atoms with van der Waals surface area (Å²) >= 11 is 0. The van der Waals surface area contributed by atoms with E-state index in [-0.39, 0.29) is 17.4 Å². The predicted molar refractivity (Wildman–Crippen MR) is 121 cm³/mol. The lowest BCUT2D eigenvalue weighted by atomic mass is 9.74. The van der Waals surface area contributed by atoms with Crippen molar-refractivity contribution < 1.29 is 14.3 Å². The quantitative estimate of drug-likeness (QED) is 0.630. The third-order valence-corrected chi connectivity index (χ3v) is 5.66. The summed E-state index contributed by atoms with van der Waals surface area (Å²) in [5, 5.41) is 3.15. The van der Waals surface area contributed by atoms with E-state index in [1.165, 1.54) is 0 Å². The molecule has 2 aromatic heterocycles. The number of methoxy groups -OCH3 is 1. The molecule has 2 heterocycles. The van der Waals surface area contributed by atoms with Crippen LogP contribution in [-0.2, 0) is 11.2 Å². The summed E-state index contributed by atoms with van der Waals surface area (Å²) in [6.45, 7) is 6.13. The van der Waals surface area contributed by atoms with Crippen LogP contribution in [0, 0.1) is 5.41 Å². The highest BCUT2D eigenvalue weighted by molar-refractivity contribution is 5.81. The van der Waals surface area contributed by atoms with Gasteiger partial charge in [-0.15, -0.1) is 0 Å². The van der Waals surface area contributed by atoms with Crippen LogP contribution in [0.2, 0.25) is 0 Å². The molecule has 7 nitrogen and oxygen atoms in total. The molecule has 4 rings (SSSR count). The van der Waals surface area contributed by atoms with E-state index in [0.717, 1.165) is 29.7 Å². The summed E-state index contributed by atoms with van der Waals surface area (Å²) in [5.41, 5.74) is 2.84. The van der Waals surface area contributed by atoms with Gasteiger partial charge in [-0.2, -0.15) is 0 Å². The monoisotopic (exact) mass is 432 g/mol. The van der Waals surface area contributed by atoms with Gasteiger partial charge in [-0.1, -0.05) is 19.9 Å². The van der Waals surface area contributed by atoms with Crippen LogP contribution in [0.25, 0.3) is 11.4 Å². The molecule has 0 fully saturated rings. The number of pyridine rings is 1. The van der Waals surface area contributed by atoms with Crippen LogP contribution in [0.1, 0.15) is 44.5 Å². The molecule has 1 aliphatic carbocycles. The molecule has 1 aliphatic rings.